The first-order chi connectivity index (χ1) is 9.33. The molecule has 0 atom stereocenters. The van der Waals surface area contributed by atoms with Crippen molar-refractivity contribution in [3.8, 4) is 0 Å². The summed E-state index contributed by atoms with van der Waals surface area (Å²) in [6.07, 6.45) is 0. The summed E-state index contributed by atoms with van der Waals surface area (Å²) in [5.41, 5.74) is 0.535. The lowest BCUT2D eigenvalue weighted by molar-refractivity contribution is -0.384. The van der Waals surface area contributed by atoms with Crippen LogP contribution in [0.15, 0.2) is 18.2 Å². The molecule has 1 aliphatic heterocycles. The lowest BCUT2D eigenvalue weighted by atomic mass is 10.00. The maximum atomic E-state index is 11.4. The second-order valence-corrected chi connectivity index (χ2v) is 5.53. The highest BCUT2D eigenvalue weighted by Gasteiger charge is 2.34. The minimum atomic E-state index is -0.437. The number of benzene rings is 1. The molecule has 1 aromatic rings. The van der Waals surface area contributed by atoms with Crippen LogP contribution in [0.3, 0.4) is 0 Å². The summed E-state index contributed by atoms with van der Waals surface area (Å²) in [4.78, 5) is 24.2. The van der Waals surface area contributed by atoms with Crippen molar-refractivity contribution in [2.24, 2.45) is 0 Å². The Labute approximate surface area is 117 Å². The van der Waals surface area contributed by atoms with Crippen molar-refractivity contribution in [1.29, 1.82) is 0 Å². The van der Waals surface area contributed by atoms with E-state index in [0.717, 1.165) is 0 Å². The molecule has 1 aliphatic rings. The van der Waals surface area contributed by atoms with Gasteiger partial charge < -0.3 is 9.64 Å². The number of nitro benzene ring substituents is 1. The minimum absolute atomic E-state index is 0.0346. The third-order valence-electron chi connectivity index (χ3n) is 3.51. The summed E-state index contributed by atoms with van der Waals surface area (Å²) >= 11 is 0. The molecule has 0 bridgehead atoms. The van der Waals surface area contributed by atoms with Crippen LogP contribution < -0.4 is 4.90 Å². The highest BCUT2D eigenvalue weighted by Crippen LogP contribution is 2.35. The first kappa shape index (κ1) is 14.5. The van der Waals surface area contributed by atoms with E-state index in [2.05, 4.69) is 0 Å². The van der Waals surface area contributed by atoms with Gasteiger partial charge in [0.25, 0.3) is 5.69 Å². The third kappa shape index (κ3) is 2.65. The summed E-state index contributed by atoms with van der Waals surface area (Å²) in [5.74, 6) is -0.180. The van der Waals surface area contributed by atoms with Gasteiger partial charge in [-0.2, -0.15) is 0 Å². The van der Waals surface area contributed by atoms with E-state index in [0.29, 0.717) is 31.0 Å². The van der Waals surface area contributed by atoms with Crippen LogP contribution in [0.4, 0.5) is 11.4 Å². The molecule has 1 fully saturated rings. The van der Waals surface area contributed by atoms with Crippen molar-refractivity contribution < 1.29 is 14.5 Å². The van der Waals surface area contributed by atoms with Crippen molar-refractivity contribution in [1.82, 2.24) is 0 Å². The SMILES string of the molecule is CC(=O)c1ccc(N2CCOCC2(C)C)c([N+](=O)[O-])c1. The van der Waals surface area contributed by atoms with E-state index in [1.54, 1.807) is 12.1 Å². The average Bonchev–Trinajstić information content (AvgIpc) is 2.37. The maximum Gasteiger partial charge on any atom is 0.293 e. The number of ketones is 1. The summed E-state index contributed by atoms with van der Waals surface area (Å²) < 4.78 is 5.43. The van der Waals surface area contributed by atoms with Gasteiger partial charge in [0.15, 0.2) is 5.78 Å². The quantitative estimate of drug-likeness (QED) is 0.482. The fourth-order valence-electron chi connectivity index (χ4n) is 2.42. The second-order valence-electron chi connectivity index (χ2n) is 5.53. The maximum absolute atomic E-state index is 11.4. The van der Waals surface area contributed by atoms with E-state index in [4.69, 9.17) is 4.74 Å². The van der Waals surface area contributed by atoms with Gasteiger partial charge >= 0.3 is 0 Å². The molecule has 6 heteroatoms. The second kappa shape index (κ2) is 5.20. The molecule has 20 heavy (non-hydrogen) atoms. The Morgan fingerprint density at radius 1 is 1.45 bits per heavy atom. The Bertz CT molecular complexity index is 554. The van der Waals surface area contributed by atoms with Crippen molar-refractivity contribution in [3.63, 3.8) is 0 Å². The molecule has 0 amide bonds. The Hall–Kier alpha value is -1.95. The standard InChI is InChI=1S/C14H18N2O4/c1-10(17)11-4-5-12(13(8-11)16(18)19)15-6-7-20-9-14(15,2)3/h4-5,8H,6-7,9H2,1-3H3. The molecule has 1 aromatic carbocycles. The molecule has 1 saturated heterocycles. The molecule has 0 N–H and O–H groups in total. The molecule has 2 rings (SSSR count). The van der Waals surface area contributed by atoms with E-state index in [1.807, 2.05) is 18.7 Å². The van der Waals surface area contributed by atoms with Gasteiger partial charge in [0, 0.05) is 18.2 Å². The number of rotatable bonds is 3. The van der Waals surface area contributed by atoms with Gasteiger partial charge in [0.1, 0.15) is 5.69 Å². The van der Waals surface area contributed by atoms with E-state index >= 15 is 0 Å². The minimum Gasteiger partial charge on any atom is -0.377 e. The van der Waals surface area contributed by atoms with Gasteiger partial charge in [-0.1, -0.05) is 0 Å². The van der Waals surface area contributed by atoms with Crippen molar-refractivity contribution in [2.45, 2.75) is 26.3 Å². The molecule has 0 unspecified atom stereocenters. The van der Waals surface area contributed by atoms with Crippen LogP contribution in [0, 0.1) is 10.1 Å². The van der Waals surface area contributed by atoms with Gasteiger partial charge in [-0.3, -0.25) is 14.9 Å². The van der Waals surface area contributed by atoms with Gasteiger partial charge in [-0.05, 0) is 32.9 Å². The number of hydrogen-bond acceptors (Lipinski definition) is 5. The largest absolute Gasteiger partial charge is 0.377 e. The molecule has 6 nitrogen and oxygen atoms in total. The Kier molecular flexibility index (Phi) is 3.76. The molecule has 0 saturated carbocycles. The smallest absolute Gasteiger partial charge is 0.293 e. The van der Waals surface area contributed by atoms with Crippen molar-refractivity contribution >= 4 is 17.2 Å². The highest BCUT2D eigenvalue weighted by atomic mass is 16.6. The van der Waals surface area contributed by atoms with Gasteiger partial charge in [-0.25, -0.2) is 0 Å². The van der Waals surface area contributed by atoms with E-state index in [9.17, 15) is 14.9 Å². The number of carbonyl (C=O) groups is 1. The molecule has 108 valence electrons. The first-order valence-corrected chi connectivity index (χ1v) is 6.48. The Morgan fingerprint density at radius 2 is 2.15 bits per heavy atom. The monoisotopic (exact) mass is 278 g/mol. The fourth-order valence-corrected chi connectivity index (χ4v) is 2.42. The Balaban J connectivity index is 2.50. The predicted octanol–water partition coefficient (Wildman–Crippen LogP) is 2.41. The number of nitrogens with zero attached hydrogens (tertiary/aromatic N) is 2. The van der Waals surface area contributed by atoms with Crippen LogP contribution in [0.2, 0.25) is 0 Å². The number of Topliss-reactive ketones (excluding diaryl/α,β-unsaturated/α-hetero) is 1. The van der Waals surface area contributed by atoms with Gasteiger partial charge in [0.05, 0.1) is 23.7 Å². The number of anilines is 1. The van der Waals surface area contributed by atoms with Crippen molar-refractivity contribution in [2.75, 3.05) is 24.7 Å². The highest BCUT2D eigenvalue weighted by molar-refractivity contribution is 5.95. The number of nitro groups is 1. The van der Waals surface area contributed by atoms with Crippen LogP contribution in [-0.2, 0) is 4.74 Å². The number of hydrogen-bond donors (Lipinski definition) is 0. The summed E-state index contributed by atoms with van der Waals surface area (Å²) in [7, 11) is 0. The average molecular weight is 278 g/mol. The summed E-state index contributed by atoms with van der Waals surface area (Å²) in [6.45, 7) is 7.00. The number of morpholine rings is 1. The molecule has 0 spiro atoms. The summed E-state index contributed by atoms with van der Waals surface area (Å²) in [5, 5.41) is 11.3. The van der Waals surface area contributed by atoms with E-state index in [-0.39, 0.29) is 17.0 Å². The zero-order valence-corrected chi connectivity index (χ0v) is 11.9. The molecule has 0 aliphatic carbocycles. The lowest BCUT2D eigenvalue weighted by Gasteiger charge is -2.43. The van der Waals surface area contributed by atoms with Crippen LogP contribution >= 0.6 is 0 Å². The van der Waals surface area contributed by atoms with Crippen molar-refractivity contribution in [3.05, 3.63) is 33.9 Å². The van der Waals surface area contributed by atoms with Crippen LogP contribution in [-0.4, -0.2) is 36.0 Å². The van der Waals surface area contributed by atoms with Crippen LogP contribution in [0.1, 0.15) is 31.1 Å². The molecular formula is C14H18N2O4. The van der Waals surface area contributed by atoms with Gasteiger partial charge in [0.2, 0.25) is 0 Å². The molecule has 0 radical (unpaired) electrons. The number of ether oxygens (including phenoxy) is 1. The molecule has 1 heterocycles. The van der Waals surface area contributed by atoms with Gasteiger partial charge in [-0.15, -0.1) is 0 Å². The summed E-state index contributed by atoms with van der Waals surface area (Å²) in [6, 6.07) is 4.64. The zero-order chi connectivity index (χ0) is 14.9. The fraction of sp³-hybridized carbons (Fsp3) is 0.500. The lowest BCUT2D eigenvalue weighted by Crippen LogP contribution is -2.53. The topological polar surface area (TPSA) is 72.7 Å². The number of carbonyl (C=O) groups excluding carboxylic acids is 1. The Morgan fingerprint density at radius 3 is 2.70 bits per heavy atom. The predicted molar refractivity (Wildman–Crippen MR) is 75.3 cm³/mol. The van der Waals surface area contributed by atoms with E-state index in [1.165, 1.54) is 13.0 Å². The first-order valence-electron chi connectivity index (χ1n) is 6.48. The zero-order valence-electron chi connectivity index (χ0n) is 11.9. The molecular weight excluding hydrogens is 260 g/mol. The molecule has 0 aromatic heterocycles. The normalized spacial score (nSPS) is 17.9. The van der Waals surface area contributed by atoms with Crippen LogP contribution in [0.25, 0.3) is 0 Å². The third-order valence-corrected chi connectivity index (χ3v) is 3.51. The van der Waals surface area contributed by atoms with E-state index < -0.39 is 4.92 Å². The van der Waals surface area contributed by atoms with Crippen LogP contribution in [0.5, 0.6) is 0 Å².